The van der Waals surface area contributed by atoms with Gasteiger partial charge < -0.3 is 9.32 Å². The Morgan fingerprint density at radius 2 is 1.72 bits per heavy atom. The molecule has 1 fully saturated rings. The number of nitrogens with zero attached hydrogens (tertiary/aromatic N) is 2. The summed E-state index contributed by atoms with van der Waals surface area (Å²) in [4.78, 5) is 29.4. The molecule has 0 bridgehead atoms. The Morgan fingerprint density at radius 3 is 2.34 bits per heavy atom. The van der Waals surface area contributed by atoms with E-state index in [2.05, 4.69) is 18.7 Å². The molecule has 0 spiro atoms. The van der Waals surface area contributed by atoms with Crippen molar-refractivity contribution >= 4 is 11.8 Å². The molecule has 0 unspecified atom stereocenters. The number of amides is 2. The lowest BCUT2D eigenvalue weighted by Crippen LogP contribution is -2.58. The average Bonchev–Trinajstić information content (AvgIpc) is 3.33. The monoisotopic (exact) mass is 433 g/mol. The number of furan rings is 1. The molecule has 1 aromatic heterocycles. The van der Waals surface area contributed by atoms with Crippen LogP contribution in [0.5, 0.6) is 0 Å². The maximum Gasteiger partial charge on any atom is 0.274 e. The normalized spacial score (nSPS) is 19.0. The Hall–Kier alpha value is -3.42. The van der Waals surface area contributed by atoms with Crippen LogP contribution in [0.25, 0.3) is 11.1 Å². The number of hydrogen-bond acceptors (Lipinski definition) is 5. The SMILES string of the molecule is C[C@@H]1CN(Cc2ccc(C(=O)NO)cc2)C[C@H](C)N1C(=O)c1ccccc1-c1ccoc1. The van der Waals surface area contributed by atoms with E-state index in [4.69, 9.17) is 9.62 Å². The molecule has 32 heavy (non-hydrogen) atoms. The summed E-state index contributed by atoms with van der Waals surface area (Å²) >= 11 is 0. The van der Waals surface area contributed by atoms with Gasteiger partial charge in [-0.25, -0.2) is 5.48 Å². The van der Waals surface area contributed by atoms with Gasteiger partial charge in [-0.2, -0.15) is 0 Å². The number of carbonyl (C=O) groups excluding carboxylic acids is 2. The lowest BCUT2D eigenvalue weighted by atomic mass is 9.98. The second kappa shape index (κ2) is 9.38. The largest absolute Gasteiger partial charge is 0.472 e. The van der Waals surface area contributed by atoms with Crippen molar-refractivity contribution < 1.29 is 19.2 Å². The molecule has 0 aliphatic carbocycles. The molecule has 2 amide bonds. The molecule has 1 aliphatic rings. The van der Waals surface area contributed by atoms with E-state index in [1.165, 1.54) is 0 Å². The molecule has 2 heterocycles. The fourth-order valence-corrected chi connectivity index (χ4v) is 4.52. The Balaban J connectivity index is 1.47. The third-order valence-corrected chi connectivity index (χ3v) is 5.94. The highest BCUT2D eigenvalue weighted by atomic mass is 16.5. The quantitative estimate of drug-likeness (QED) is 0.472. The number of hydroxylamine groups is 1. The van der Waals surface area contributed by atoms with Crippen molar-refractivity contribution in [2.24, 2.45) is 0 Å². The summed E-state index contributed by atoms with van der Waals surface area (Å²) in [5, 5.41) is 8.76. The molecule has 2 aromatic carbocycles. The van der Waals surface area contributed by atoms with Crippen molar-refractivity contribution in [2.45, 2.75) is 32.5 Å². The molecule has 1 saturated heterocycles. The first kappa shape index (κ1) is 21.8. The average molecular weight is 434 g/mol. The van der Waals surface area contributed by atoms with Gasteiger partial charge in [0.2, 0.25) is 0 Å². The Bertz CT molecular complexity index is 1070. The minimum absolute atomic E-state index is 0.0285. The minimum Gasteiger partial charge on any atom is -0.472 e. The first-order chi connectivity index (χ1) is 15.5. The summed E-state index contributed by atoms with van der Waals surface area (Å²) in [6.07, 6.45) is 3.27. The summed E-state index contributed by atoms with van der Waals surface area (Å²) in [5.74, 6) is -0.498. The Kier molecular flexibility index (Phi) is 6.39. The van der Waals surface area contributed by atoms with Gasteiger partial charge >= 0.3 is 0 Å². The predicted molar refractivity (Wildman–Crippen MR) is 120 cm³/mol. The minimum atomic E-state index is -0.526. The lowest BCUT2D eigenvalue weighted by Gasteiger charge is -2.44. The zero-order valence-corrected chi connectivity index (χ0v) is 18.2. The van der Waals surface area contributed by atoms with Crippen LogP contribution in [0, 0.1) is 0 Å². The third kappa shape index (κ3) is 4.44. The van der Waals surface area contributed by atoms with Crippen LogP contribution in [0.15, 0.2) is 71.5 Å². The summed E-state index contributed by atoms with van der Waals surface area (Å²) in [7, 11) is 0. The molecular formula is C25H27N3O4. The van der Waals surface area contributed by atoms with Gasteiger partial charge in [-0.1, -0.05) is 30.3 Å². The van der Waals surface area contributed by atoms with Gasteiger partial charge in [0.15, 0.2) is 0 Å². The standard InChI is InChI=1S/C25H27N3O4/c1-17-13-27(15-19-7-9-20(10-8-19)24(29)26-31)14-18(2)28(17)25(30)23-6-4-3-5-22(23)21-11-12-32-16-21/h3-12,16-18,31H,13-15H2,1-2H3,(H,26,29)/t17-,18+. The van der Waals surface area contributed by atoms with Crippen LogP contribution < -0.4 is 5.48 Å². The smallest absolute Gasteiger partial charge is 0.274 e. The first-order valence-electron chi connectivity index (χ1n) is 10.7. The van der Waals surface area contributed by atoms with Crippen LogP contribution in [0.3, 0.4) is 0 Å². The molecule has 166 valence electrons. The van der Waals surface area contributed by atoms with Crippen molar-refractivity contribution in [3.05, 3.63) is 83.8 Å². The zero-order valence-electron chi connectivity index (χ0n) is 18.2. The highest BCUT2D eigenvalue weighted by molar-refractivity contribution is 6.01. The Labute approximate surface area is 187 Å². The molecule has 2 N–H and O–H groups in total. The van der Waals surface area contributed by atoms with Crippen molar-refractivity contribution in [3.63, 3.8) is 0 Å². The van der Waals surface area contributed by atoms with E-state index >= 15 is 0 Å². The molecule has 7 nitrogen and oxygen atoms in total. The number of piperazine rings is 1. The summed E-state index contributed by atoms with van der Waals surface area (Å²) in [6.45, 7) is 6.39. The zero-order chi connectivity index (χ0) is 22.7. The molecule has 1 aliphatic heterocycles. The number of carbonyl (C=O) groups is 2. The molecule has 0 saturated carbocycles. The summed E-state index contributed by atoms with van der Waals surface area (Å²) in [5.41, 5.74) is 5.57. The van der Waals surface area contributed by atoms with Gasteiger partial charge in [0.25, 0.3) is 11.8 Å². The summed E-state index contributed by atoms with van der Waals surface area (Å²) < 4.78 is 5.22. The van der Waals surface area contributed by atoms with Crippen LogP contribution in [0.4, 0.5) is 0 Å². The molecule has 4 rings (SSSR count). The van der Waals surface area contributed by atoms with E-state index in [0.29, 0.717) is 11.1 Å². The highest BCUT2D eigenvalue weighted by Crippen LogP contribution is 2.28. The number of benzene rings is 2. The maximum absolute atomic E-state index is 13.5. The van der Waals surface area contributed by atoms with Crippen molar-refractivity contribution in [2.75, 3.05) is 13.1 Å². The van der Waals surface area contributed by atoms with E-state index in [9.17, 15) is 9.59 Å². The number of rotatable bonds is 5. The van der Waals surface area contributed by atoms with Crippen molar-refractivity contribution in [1.29, 1.82) is 0 Å². The van der Waals surface area contributed by atoms with E-state index < -0.39 is 5.91 Å². The van der Waals surface area contributed by atoms with Gasteiger partial charge in [-0.15, -0.1) is 0 Å². The second-order valence-corrected chi connectivity index (χ2v) is 8.30. The number of hydrogen-bond donors (Lipinski definition) is 2. The number of nitrogens with one attached hydrogen (secondary N) is 1. The van der Waals surface area contributed by atoms with Gasteiger partial charge in [0, 0.05) is 48.4 Å². The molecule has 3 aromatic rings. The fourth-order valence-electron chi connectivity index (χ4n) is 4.52. The molecule has 0 radical (unpaired) electrons. The van der Waals surface area contributed by atoms with Crippen LogP contribution in [-0.4, -0.2) is 52.0 Å². The van der Waals surface area contributed by atoms with E-state index in [1.807, 2.05) is 47.4 Å². The van der Waals surface area contributed by atoms with Gasteiger partial charge in [-0.3, -0.25) is 19.7 Å². The van der Waals surface area contributed by atoms with Crippen LogP contribution in [0.2, 0.25) is 0 Å². The summed E-state index contributed by atoms with van der Waals surface area (Å²) in [6, 6.07) is 16.8. The van der Waals surface area contributed by atoms with Crippen molar-refractivity contribution in [3.8, 4) is 11.1 Å². The topological polar surface area (TPSA) is 86.0 Å². The second-order valence-electron chi connectivity index (χ2n) is 8.30. The Morgan fingerprint density at radius 1 is 1.03 bits per heavy atom. The molecule has 2 atom stereocenters. The van der Waals surface area contributed by atoms with Gasteiger partial charge in [0.1, 0.15) is 0 Å². The van der Waals surface area contributed by atoms with E-state index in [1.54, 1.807) is 30.1 Å². The first-order valence-corrected chi connectivity index (χ1v) is 10.7. The van der Waals surface area contributed by atoms with Gasteiger partial charge in [0.05, 0.1) is 12.5 Å². The maximum atomic E-state index is 13.5. The van der Waals surface area contributed by atoms with Crippen LogP contribution in [-0.2, 0) is 6.54 Å². The predicted octanol–water partition coefficient (Wildman–Crippen LogP) is 3.80. The van der Waals surface area contributed by atoms with Crippen LogP contribution in [0.1, 0.15) is 40.1 Å². The van der Waals surface area contributed by atoms with E-state index in [0.717, 1.165) is 36.3 Å². The van der Waals surface area contributed by atoms with Gasteiger partial charge in [-0.05, 0) is 49.2 Å². The third-order valence-electron chi connectivity index (χ3n) is 5.94. The molecule has 7 heteroatoms. The lowest BCUT2D eigenvalue weighted by molar-refractivity contribution is 0.0269. The fraction of sp³-hybridized carbons (Fsp3) is 0.280. The van der Waals surface area contributed by atoms with Crippen molar-refractivity contribution in [1.82, 2.24) is 15.3 Å². The van der Waals surface area contributed by atoms with E-state index in [-0.39, 0.29) is 18.0 Å². The van der Waals surface area contributed by atoms with Crippen LogP contribution >= 0.6 is 0 Å². The highest BCUT2D eigenvalue weighted by Gasteiger charge is 2.34. The molecular weight excluding hydrogens is 406 g/mol.